The molecular weight excluding hydrogens is 633 g/mol. The van der Waals surface area contributed by atoms with E-state index in [4.69, 9.17) is 49.2 Å². The van der Waals surface area contributed by atoms with E-state index in [9.17, 15) is 0 Å². The van der Waals surface area contributed by atoms with E-state index in [0.717, 1.165) is 22.4 Å². The molecule has 0 spiro atoms. The fourth-order valence-corrected chi connectivity index (χ4v) is 5.03. The summed E-state index contributed by atoms with van der Waals surface area (Å²) in [6, 6.07) is 22.6. The summed E-state index contributed by atoms with van der Waals surface area (Å²) < 4.78 is 22.0. The zero-order chi connectivity index (χ0) is 29.8. The van der Waals surface area contributed by atoms with E-state index in [0.29, 0.717) is 11.5 Å². The van der Waals surface area contributed by atoms with Gasteiger partial charge in [-0.1, -0.05) is 9.56 Å². The van der Waals surface area contributed by atoms with Gasteiger partial charge >= 0.3 is 21.0 Å². The smallest absolute Gasteiger partial charge is 0.497 e. The number of methoxy groups -OCH3 is 1. The summed E-state index contributed by atoms with van der Waals surface area (Å²) in [6.45, 7) is 1.29. The second-order valence-electron chi connectivity index (χ2n) is 8.24. The number of nitrogens with zero attached hydrogens (tertiary/aromatic N) is 6. The van der Waals surface area contributed by atoms with Crippen molar-refractivity contribution in [1.82, 2.24) is 14.3 Å². The van der Waals surface area contributed by atoms with Crippen LogP contribution in [0, 0.1) is 0 Å². The second kappa shape index (κ2) is 16.5. The highest BCUT2D eigenvalue weighted by molar-refractivity contribution is 8.03. The minimum atomic E-state index is -1.39. The average molecular weight is 664 g/mol. The SMILES string of the molecule is COc1ccc(/C=N/N(C)[P+](=S)Oc2ccc(/C=N/N(C)[P+](=S)Oc3ccc(/C=N/N(C)[P+](C)=S)cc3)cc2)cc1. The molecule has 3 unspecified atom stereocenters. The van der Waals surface area contributed by atoms with Crippen molar-refractivity contribution in [2.45, 2.75) is 0 Å². The maximum absolute atomic E-state index is 5.90. The van der Waals surface area contributed by atoms with E-state index in [1.807, 2.05) is 86.5 Å². The van der Waals surface area contributed by atoms with Gasteiger partial charge in [0.15, 0.2) is 23.3 Å². The molecule has 0 aliphatic carbocycles. The molecule has 0 bridgehead atoms. The quantitative estimate of drug-likeness (QED) is 0.107. The lowest BCUT2D eigenvalue weighted by Crippen LogP contribution is -2.04. The Balaban J connectivity index is 1.48. The third kappa shape index (κ3) is 11.1. The summed E-state index contributed by atoms with van der Waals surface area (Å²) >= 11 is 16.3. The highest BCUT2D eigenvalue weighted by Crippen LogP contribution is 2.32. The normalized spacial score (nSPS) is 12.4. The van der Waals surface area contributed by atoms with E-state index < -0.39 is 21.0 Å². The fourth-order valence-electron chi connectivity index (χ4n) is 2.83. The zero-order valence-corrected chi connectivity index (χ0v) is 28.3. The molecule has 9 nitrogen and oxygen atoms in total. The Hall–Kier alpha value is -2.97. The Labute approximate surface area is 259 Å². The first-order valence-corrected chi connectivity index (χ1v) is 19.2. The van der Waals surface area contributed by atoms with Crippen LogP contribution in [0.4, 0.5) is 0 Å². The molecule has 3 aromatic rings. The monoisotopic (exact) mass is 663 g/mol. The molecule has 212 valence electrons. The highest BCUT2D eigenvalue weighted by Gasteiger charge is 2.21. The van der Waals surface area contributed by atoms with Gasteiger partial charge in [-0.05, 0) is 89.5 Å². The Morgan fingerprint density at radius 1 is 0.561 bits per heavy atom. The number of hydrogen-bond donors (Lipinski definition) is 0. The summed E-state index contributed by atoms with van der Waals surface area (Å²) in [4.78, 5) is 0. The highest BCUT2D eigenvalue weighted by atomic mass is 32.4. The van der Waals surface area contributed by atoms with Crippen LogP contribution in [0.15, 0.2) is 88.1 Å². The summed E-state index contributed by atoms with van der Waals surface area (Å²) in [5.74, 6) is 2.11. The van der Waals surface area contributed by atoms with Crippen molar-refractivity contribution in [2.24, 2.45) is 15.3 Å². The van der Waals surface area contributed by atoms with Gasteiger partial charge < -0.3 is 4.74 Å². The molecule has 0 saturated carbocycles. The molecule has 0 aromatic heterocycles. The van der Waals surface area contributed by atoms with Gasteiger partial charge in [-0.15, -0.1) is 20.1 Å². The first-order valence-electron chi connectivity index (χ1n) is 12.0. The summed E-state index contributed by atoms with van der Waals surface area (Å²) in [5, 5.41) is 13.2. The number of hydrazone groups is 3. The number of hydrogen-bond acceptors (Lipinski definition) is 9. The molecule has 0 aliphatic heterocycles. The summed E-state index contributed by atoms with van der Waals surface area (Å²) in [6.07, 6.45) is 5.21. The fraction of sp³-hybridized carbons (Fsp3) is 0.192. The third-order valence-corrected chi connectivity index (χ3v) is 10.6. The van der Waals surface area contributed by atoms with Crippen LogP contribution >= 0.6 is 21.0 Å². The van der Waals surface area contributed by atoms with Gasteiger partial charge in [0.05, 0.1) is 46.9 Å². The van der Waals surface area contributed by atoms with Crippen molar-refractivity contribution < 1.29 is 13.8 Å². The molecule has 3 aromatic carbocycles. The lowest BCUT2D eigenvalue weighted by atomic mass is 10.2. The van der Waals surface area contributed by atoms with Gasteiger partial charge in [0.2, 0.25) is 23.6 Å². The van der Waals surface area contributed by atoms with Crippen LogP contribution < -0.4 is 13.8 Å². The number of ether oxygens (including phenoxy) is 1. The molecule has 0 fully saturated rings. The third-order valence-electron chi connectivity index (χ3n) is 5.25. The molecule has 0 N–H and O–H groups in total. The van der Waals surface area contributed by atoms with Crippen LogP contribution in [0.2, 0.25) is 0 Å². The minimum Gasteiger partial charge on any atom is -0.497 e. The predicted octanol–water partition coefficient (Wildman–Crippen LogP) is 6.69. The number of benzene rings is 3. The summed E-state index contributed by atoms with van der Waals surface area (Å²) in [5.41, 5.74) is 2.76. The molecule has 0 saturated heterocycles. The molecule has 3 atom stereocenters. The Bertz CT molecular complexity index is 1440. The van der Waals surface area contributed by atoms with Gasteiger partial charge in [-0.3, -0.25) is 9.05 Å². The maximum Gasteiger partial charge on any atom is 0.540 e. The largest absolute Gasteiger partial charge is 0.540 e. The van der Waals surface area contributed by atoms with Gasteiger partial charge in [0, 0.05) is 0 Å². The average Bonchev–Trinajstić information content (AvgIpc) is 2.98. The number of rotatable bonds is 14. The van der Waals surface area contributed by atoms with E-state index in [1.54, 1.807) is 54.2 Å². The maximum atomic E-state index is 5.90. The minimum absolute atomic E-state index is 0.650. The van der Waals surface area contributed by atoms with Crippen molar-refractivity contribution in [2.75, 3.05) is 34.9 Å². The zero-order valence-electron chi connectivity index (χ0n) is 23.1. The molecule has 0 aliphatic rings. The van der Waals surface area contributed by atoms with Crippen LogP contribution in [0.5, 0.6) is 17.2 Å². The van der Waals surface area contributed by atoms with Crippen molar-refractivity contribution in [1.29, 1.82) is 0 Å². The molecule has 15 heteroatoms. The summed E-state index contributed by atoms with van der Waals surface area (Å²) in [7, 11) is 4.30. The van der Waals surface area contributed by atoms with Crippen molar-refractivity contribution in [3.05, 3.63) is 89.5 Å². The van der Waals surface area contributed by atoms with Crippen molar-refractivity contribution >= 4 is 75.1 Å². The second-order valence-corrected chi connectivity index (χ2v) is 15.7. The molecule has 3 rings (SSSR count). The topological polar surface area (TPSA) is 74.5 Å². The Morgan fingerprint density at radius 2 is 0.878 bits per heavy atom. The predicted molar refractivity (Wildman–Crippen MR) is 182 cm³/mol. The van der Waals surface area contributed by atoms with Crippen LogP contribution in [0.1, 0.15) is 16.7 Å². The van der Waals surface area contributed by atoms with Crippen LogP contribution in [0.25, 0.3) is 0 Å². The van der Waals surface area contributed by atoms with Gasteiger partial charge in [-0.2, -0.15) is 0 Å². The lowest BCUT2D eigenvalue weighted by Gasteiger charge is -2.04. The van der Waals surface area contributed by atoms with E-state index in [1.165, 1.54) is 0 Å². The lowest BCUT2D eigenvalue weighted by molar-refractivity contribution is 0.415. The van der Waals surface area contributed by atoms with Crippen LogP contribution in [-0.2, 0) is 35.4 Å². The molecule has 0 radical (unpaired) electrons. The van der Waals surface area contributed by atoms with Crippen molar-refractivity contribution in [3.8, 4) is 17.2 Å². The van der Waals surface area contributed by atoms with Gasteiger partial charge in [-0.25, -0.2) is 0 Å². The van der Waals surface area contributed by atoms with E-state index in [-0.39, 0.29) is 0 Å². The Morgan fingerprint density at radius 3 is 1.20 bits per heavy atom. The standard InChI is InChI=1S/C26H30N6O3P3S3/c1-30(36(5)39)27-18-22-8-14-25(15-9-22)34-38(41)32(3)29-20-23-10-16-26(17-11-23)35-37(40)31(2)28-19-21-6-12-24(33-4)13-7-21/h6-20H,1-5H3/q+3/b27-18+,28-19+,29-20+. The molecular formula is C26H30N6O3P3S3+3. The molecule has 0 heterocycles. The first kappa shape index (κ1) is 32.5. The van der Waals surface area contributed by atoms with Crippen LogP contribution in [0.3, 0.4) is 0 Å². The molecule has 41 heavy (non-hydrogen) atoms. The van der Waals surface area contributed by atoms with E-state index >= 15 is 0 Å². The molecule has 0 amide bonds. The first-order chi connectivity index (χ1) is 19.6. The van der Waals surface area contributed by atoms with Gasteiger partial charge in [0.1, 0.15) is 12.4 Å². The van der Waals surface area contributed by atoms with E-state index in [2.05, 4.69) is 15.3 Å². The van der Waals surface area contributed by atoms with Gasteiger partial charge in [0.25, 0.3) is 0 Å². The van der Waals surface area contributed by atoms with Crippen molar-refractivity contribution in [3.63, 3.8) is 0 Å². The van der Waals surface area contributed by atoms with Crippen LogP contribution in [-0.4, -0.2) is 67.9 Å². The Kier molecular flexibility index (Phi) is 13.1.